The molecule has 0 heterocycles. The van der Waals surface area contributed by atoms with Gasteiger partial charge in [0.05, 0.1) is 12.1 Å². The van der Waals surface area contributed by atoms with Crippen molar-refractivity contribution in [3.63, 3.8) is 0 Å². The van der Waals surface area contributed by atoms with E-state index in [-0.39, 0.29) is 5.82 Å². The average Bonchev–Trinajstić information content (AvgIpc) is 2.31. The minimum Gasteiger partial charge on any atom is -0.297 e. The van der Waals surface area contributed by atoms with Gasteiger partial charge in [0.25, 0.3) is 0 Å². The summed E-state index contributed by atoms with van der Waals surface area (Å²) in [6.45, 7) is 1.72. The minimum atomic E-state index is -0.292. The molecule has 0 fully saturated rings. The van der Waals surface area contributed by atoms with Crippen LogP contribution in [0, 0.1) is 28.5 Å². The van der Waals surface area contributed by atoms with Gasteiger partial charge in [-0.15, -0.1) is 0 Å². The molecule has 5 heteroatoms. The van der Waals surface area contributed by atoms with Gasteiger partial charge in [0.2, 0.25) is 0 Å². The van der Waals surface area contributed by atoms with E-state index in [0.717, 1.165) is 5.56 Å². The molecule has 1 aromatic carbocycles. The van der Waals surface area contributed by atoms with Crippen molar-refractivity contribution in [2.45, 2.75) is 19.4 Å². The van der Waals surface area contributed by atoms with Crippen molar-refractivity contribution in [3.8, 4) is 12.1 Å². The van der Waals surface area contributed by atoms with E-state index in [1.807, 2.05) is 11.0 Å². The second-order valence-electron chi connectivity index (χ2n) is 3.87. The molecule has 1 rings (SSSR count). The molecule has 0 aromatic heterocycles. The Labute approximate surface area is 115 Å². The molecule has 0 saturated heterocycles. The van der Waals surface area contributed by atoms with Crippen LogP contribution in [0.5, 0.6) is 0 Å². The van der Waals surface area contributed by atoms with Gasteiger partial charge in [-0.1, -0.05) is 15.9 Å². The standard InChI is InChI=1S/C13H13BrFN3/c14-12-7-11(8-13(15)9-12)10-18(5-1-3-16)6-2-4-17/h7-9H,1-2,5-6,10H2. The van der Waals surface area contributed by atoms with E-state index in [2.05, 4.69) is 28.1 Å². The van der Waals surface area contributed by atoms with Crippen LogP contribution in [0.4, 0.5) is 4.39 Å². The molecule has 3 nitrogen and oxygen atoms in total. The first-order chi connectivity index (χ1) is 8.65. The van der Waals surface area contributed by atoms with E-state index in [1.165, 1.54) is 12.1 Å². The molecule has 0 aliphatic rings. The van der Waals surface area contributed by atoms with Crippen LogP contribution in [0.15, 0.2) is 22.7 Å². The van der Waals surface area contributed by atoms with Crippen LogP contribution in [-0.2, 0) is 6.54 Å². The predicted octanol–water partition coefficient (Wildman–Crippen LogP) is 3.22. The van der Waals surface area contributed by atoms with Crippen molar-refractivity contribution in [1.82, 2.24) is 4.90 Å². The maximum atomic E-state index is 13.2. The molecule has 0 aliphatic heterocycles. The van der Waals surface area contributed by atoms with Crippen molar-refractivity contribution >= 4 is 15.9 Å². The van der Waals surface area contributed by atoms with Crippen molar-refractivity contribution in [2.24, 2.45) is 0 Å². The number of nitrogens with zero attached hydrogens (tertiary/aromatic N) is 3. The monoisotopic (exact) mass is 309 g/mol. The SMILES string of the molecule is N#CCCN(CCC#N)Cc1cc(F)cc(Br)c1. The van der Waals surface area contributed by atoms with Gasteiger partial charge >= 0.3 is 0 Å². The first kappa shape index (κ1) is 14.6. The number of hydrogen-bond acceptors (Lipinski definition) is 3. The van der Waals surface area contributed by atoms with Crippen molar-refractivity contribution in [2.75, 3.05) is 13.1 Å². The smallest absolute Gasteiger partial charge is 0.124 e. The Kier molecular flexibility index (Phi) is 6.35. The van der Waals surface area contributed by atoms with Crippen LogP contribution < -0.4 is 0 Å². The third kappa shape index (κ3) is 5.27. The summed E-state index contributed by atoms with van der Waals surface area (Å²) in [5.41, 5.74) is 0.831. The summed E-state index contributed by atoms with van der Waals surface area (Å²) in [7, 11) is 0. The highest BCUT2D eigenvalue weighted by molar-refractivity contribution is 9.10. The minimum absolute atomic E-state index is 0.292. The van der Waals surface area contributed by atoms with Crippen LogP contribution in [0.2, 0.25) is 0 Å². The van der Waals surface area contributed by atoms with E-state index in [4.69, 9.17) is 10.5 Å². The summed E-state index contributed by atoms with van der Waals surface area (Å²) in [6.07, 6.45) is 0.809. The topological polar surface area (TPSA) is 50.8 Å². The highest BCUT2D eigenvalue weighted by Crippen LogP contribution is 2.16. The maximum Gasteiger partial charge on any atom is 0.124 e. The normalized spacial score (nSPS) is 10.1. The van der Waals surface area contributed by atoms with E-state index in [1.54, 1.807) is 0 Å². The van der Waals surface area contributed by atoms with Gasteiger partial charge in [-0.2, -0.15) is 10.5 Å². The summed E-state index contributed by atoms with van der Waals surface area (Å²) in [6, 6.07) is 8.86. The van der Waals surface area contributed by atoms with Gasteiger partial charge in [0.15, 0.2) is 0 Å². The number of halogens is 2. The first-order valence-corrected chi connectivity index (χ1v) is 6.36. The number of rotatable bonds is 6. The molecule has 0 N–H and O–H groups in total. The lowest BCUT2D eigenvalue weighted by Crippen LogP contribution is -2.25. The zero-order valence-electron chi connectivity index (χ0n) is 9.87. The van der Waals surface area contributed by atoms with E-state index >= 15 is 0 Å². The molecule has 0 unspecified atom stereocenters. The lowest BCUT2D eigenvalue weighted by Gasteiger charge is -2.20. The van der Waals surface area contributed by atoms with E-state index < -0.39 is 0 Å². The molecule has 0 aliphatic carbocycles. The molecule has 0 saturated carbocycles. The van der Waals surface area contributed by atoms with Gasteiger partial charge < -0.3 is 0 Å². The molecule has 0 atom stereocenters. The van der Waals surface area contributed by atoms with Gasteiger partial charge in [-0.3, -0.25) is 4.90 Å². The molecule has 0 bridgehead atoms. The van der Waals surface area contributed by atoms with Gasteiger partial charge in [-0.25, -0.2) is 4.39 Å². The number of hydrogen-bond donors (Lipinski definition) is 0. The lowest BCUT2D eigenvalue weighted by molar-refractivity contribution is 0.277. The number of benzene rings is 1. The Morgan fingerprint density at radius 1 is 1.11 bits per heavy atom. The molecule has 1 aromatic rings. The zero-order chi connectivity index (χ0) is 13.4. The third-order valence-corrected chi connectivity index (χ3v) is 2.87. The molecule has 0 radical (unpaired) electrons. The second kappa shape index (κ2) is 7.81. The van der Waals surface area contributed by atoms with Crippen LogP contribution in [0.3, 0.4) is 0 Å². The molecular formula is C13H13BrFN3. The van der Waals surface area contributed by atoms with Gasteiger partial charge in [0, 0.05) is 36.9 Å². The molecular weight excluding hydrogens is 297 g/mol. The molecule has 0 spiro atoms. The fraction of sp³-hybridized carbons (Fsp3) is 0.385. The van der Waals surface area contributed by atoms with E-state index in [9.17, 15) is 4.39 Å². The number of nitriles is 2. The van der Waals surface area contributed by atoms with Crippen molar-refractivity contribution < 1.29 is 4.39 Å². The second-order valence-corrected chi connectivity index (χ2v) is 4.79. The zero-order valence-corrected chi connectivity index (χ0v) is 11.5. The third-order valence-electron chi connectivity index (χ3n) is 2.41. The van der Waals surface area contributed by atoms with Crippen LogP contribution in [-0.4, -0.2) is 18.0 Å². The Morgan fingerprint density at radius 2 is 1.72 bits per heavy atom. The highest BCUT2D eigenvalue weighted by Gasteiger charge is 2.07. The highest BCUT2D eigenvalue weighted by atomic mass is 79.9. The summed E-state index contributed by atoms with van der Waals surface area (Å²) in [5.74, 6) is -0.292. The Hall–Kier alpha value is -1.43. The van der Waals surface area contributed by atoms with Gasteiger partial charge in [0.1, 0.15) is 5.82 Å². The van der Waals surface area contributed by atoms with E-state index in [0.29, 0.717) is 36.9 Å². The van der Waals surface area contributed by atoms with Crippen LogP contribution >= 0.6 is 15.9 Å². The summed E-state index contributed by atoms with van der Waals surface area (Å²) < 4.78 is 13.9. The maximum absolute atomic E-state index is 13.2. The van der Waals surface area contributed by atoms with Gasteiger partial charge in [-0.05, 0) is 23.8 Å². The summed E-state index contributed by atoms with van der Waals surface area (Å²) in [5, 5.41) is 17.2. The quantitative estimate of drug-likeness (QED) is 0.810. The largest absolute Gasteiger partial charge is 0.297 e. The Morgan fingerprint density at radius 3 is 2.22 bits per heavy atom. The average molecular weight is 310 g/mol. The lowest BCUT2D eigenvalue weighted by atomic mass is 10.2. The first-order valence-electron chi connectivity index (χ1n) is 5.57. The van der Waals surface area contributed by atoms with Crippen molar-refractivity contribution in [1.29, 1.82) is 10.5 Å². The molecule has 94 valence electrons. The van der Waals surface area contributed by atoms with Crippen LogP contribution in [0.25, 0.3) is 0 Å². The fourth-order valence-corrected chi connectivity index (χ4v) is 2.16. The Balaban J connectivity index is 2.69. The summed E-state index contributed by atoms with van der Waals surface area (Å²) >= 11 is 3.25. The predicted molar refractivity (Wildman–Crippen MR) is 69.8 cm³/mol. The molecule has 0 amide bonds. The van der Waals surface area contributed by atoms with Crippen molar-refractivity contribution in [3.05, 3.63) is 34.1 Å². The summed E-state index contributed by atoms with van der Waals surface area (Å²) in [4.78, 5) is 1.98. The Bertz CT molecular complexity index is 438. The van der Waals surface area contributed by atoms with Crippen LogP contribution in [0.1, 0.15) is 18.4 Å². The fourth-order valence-electron chi connectivity index (χ4n) is 1.65. The molecule has 18 heavy (non-hydrogen) atoms.